The molecule has 0 radical (unpaired) electrons. The summed E-state index contributed by atoms with van der Waals surface area (Å²) in [6.45, 7) is 10.9. The first kappa shape index (κ1) is 35.9. The summed E-state index contributed by atoms with van der Waals surface area (Å²) in [6, 6.07) is 24.0. The number of ether oxygens (including phenoxy) is 2. The summed E-state index contributed by atoms with van der Waals surface area (Å²) in [4.78, 5) is 44.7. The first-order chi connectivity index (χ1) is 25.6. The standard InChI is InChI=1S/C42H52N6O4/c49-41(47(19-7-17-45-23-27-51-28-24-45)21-15-33-31-43-39-13-5-3-9-35(33)39)37-11-1-2-12-38(37)42(50)48(20-8-18-46-25-29-52-30-26-46)22-16-34-32-44-40-14-6-4-10-36(34)40/h1-6,9-14,31-32,43-44H,7-8,15-30H2. The molecule has 2 aliphatic rings. The fourth-order valence-corrected chi connectivity index (χ4v) is 7.63. The molecule has 0 bridgehead atoms. The van der Waals surface area contributed by atoms with Crippen molar-refractivity contribution in [1.29, 1.82) is 0 Å². The fraction of sp³-hybridized carbons (Fsp3) is 0.429. The Bertz CT molecular complexity index is 1770. The molecule has 0 aliphatic carbocycles. The van der Waals surface area contributed by atoms with Gasteiger partial charge >= 0.3 is 0 Å². The lowest BCUT2D eigenvalue weighted by Crippen LogP contribution is -2.41. The highest BCUT2D eigenvalue weighted by Crippen LogP contribution is 2.22. The molecule has 2 aromatic heterocycles. The monoisotopic (exact) mass is 704 g/mol. The summed E-state index contributed by atoms with van der Waals surface area (Å²) in [6.07, 6.45) is 7.27. The number of morpholine rings is 2. The minimum absolute atomic E-state index is 0.0873. The number of amides is 2. The largest absolute Gasteiger partial charge is 0.379 e. The maximum absolute atomic E-state index is 14.6. The second kappa shape index (κ2) is 17.8. The summed E-state index contributed by atoms with van der Waals surface area (Å²) in [5.41, 5.74) is 5.52. The highest BCUT2D eigenvalue weighted by molar-refractivity contribution is 6.07. The molecule has 10 heteroatoms. The normalized spacial score (nSPS) is 15.7. The van der Waals surface area contributed by atoms with Crippen LogP contribution in [0.15, 0.2) is 85.2 Å². The lowest BCUT2D eigenvalue weighted by Gasteiger charge is -2.30. The molecule has 10 nitrogen and oxygen atoms in total. The number of rotatable bonds is 16. The number of carbonyl (C=O) groups is 2. The van der Waals surface area contributed by atoms with Crippen LogP contribution in [0.1, 0.15) is 44.7 Å². The van der Waals surface area contributed by atoms with Crippen LogP contribution in [-0.4, -0.2) is 133 Å². The van der Waals surface area contributed by atoms with Gasteiger partial charge in [-0.25, -0.2) is 0 Å². The number of para-hydroxylation sites is 2. The second-order valence-electron chi connectivity index (χ2n) is 14.0. The van der Waals surface area contributed by atoms with Crippen molar-refractivity contribution in [3.8, 4) is 0 Å². The van der Waals surface area contributed by atoms with Crippen molar-refractivity contribution in [2.24, 2.45) is 0 Å². The van der Waals surface area contributed by atoms with Crippen LogP contribution in [0, 0.1) is 0 Å². The van der Waals surface area contributed by atoms with E-state index in [2.05, 4.69) is 68.6 Å². The molecular formula is C42H52N6O4. The number of nitrogens with zero attached hydrogens (tertiary/aromatic N) is 4. The van der Waals surface area contributed by atoms with E-state index in [0.29, 0.717) is 37.3 Å². The van der Waals surface area contributed by atoms with E-state index in [-0.39, 0.29) is 11.8 Å². The number of hydrogen-bond acceptors (Lipinski definition) is 6. The van der Waals surface area contributed by atoms with Crippen molar-refractivity contribution < 1.29 is 19.1 Å². The first-order valence-electron chi connectivity index (χ1n) is 19.0. The Balaban J connectivity index is 1.10. The summed E-state index contributed by atoms with van der Waals surface area (Å²) in [7, 11) is 0. The van der Waals surface area contributed by atoms with Crippen molar-refractivity contribution in [3.05, 3.63) is 107 Å². The third-order valence-corrected chi connectivity index (χ3v) is 10.6. The molecular weight excluding hydrogens is 652 g/mol. The number of carbonyl (C=O) groups excluding carboxylic acids is 2. The van der Waals surface area contributed by atoms with E-state index in [1.165, 1.54) is 21.9 Å². The average Bonchev–Trinajstić information content (AvgIpc) is 3.82. The van der Waals surface area contributed by atoms with Gasteiger partial charge in [0.15, 0.2) is 0 Å². The zero-order valence-electron chi connectivity index (χ0n) is 30.2. The molecule has 52 heavy (non-hydrogen) atoms. The third kappa shape index (κ3) is 8.93. The van der Waals surface area contributed by atoms with Gasteiger partial charge in [0.25, 0.3) is 11.8 Å². The van der Waals surface area contributed by atoms with E-state index in [9.17, 15) is 9.59 Å². The molecule has 2 aliphatic heterocycles. The van der Waals surface area contributed by atoms with Gasteiger partial charge in [-0.2, -0.15) is 0 Å². The van der Waals surface area contributed by atoms with Crippen molar-refractivity contribution in [2.45, 2.75) is 25.7 Å². The van der Waals surface area contributed by atoms with Gasteiger partial charge < -0.3 is 29.2 Å². The Morgan fingerprint density at radius 1 is 0.558 bits per heavy atom. The van der Waals surface area contributed by atoms with E-state index in [4.69, 9.17) is 9.47 Å². The topological polar surface area (TPSA) is 97.1 Å². The van der Waals surface area contributed by atoms with Crippen LogP contribution in [0.5, 0.6) is 0 Å². The van der Waals surface area contributed by atoms with E-state index in [1.54, 1.807) is 0 Å². The molecule has 0 unspecified atom stereocenters. The average molecular weight is 705 g/mol. The van der Waals surface area contributed by atoms with Crippen molar-refractivity contribution >= 4 is 33.6 Å². The van der Waals surface area contributed by atoms with Gasteiger partial charge in [0, 0.05) is 99.6 Å². The van der Waals surface area contributed by atoms with Crippen LogP contribution >= 0.6 is 0 Å². The minimum atomic E-state index is -0.0873. The predicted octanol–water partition coefficient (Wildman–Crippen LogP) is 5.46. The maximum atomic E-state index is 14.6. The zero-order chi connectivity index (χ0) is 35.5. The summed E-state index contributed by atoms with van der Waals surface area (Å²) in [5, 5.41) is 2.36. The fourth-order valence-electron chi connectivity index (χ4n) is 7.63. The number of hydrogen-bond donors (Lipinski definition) is 2. The Morgan fingerprint density at radius 3 is 1.40 bits per heavy atom. The van der Waals surface area contributed by atoms with E-state index in [1.807, 2.05) is 46.2 Å². The number of H-pyrrole nitrogens is 2. The molecule has 4 heterocycles. The number of aromatic nitrogens is 2. The first-order valence-corrected chi connectivity index (χ1v) is 19.0. The van der Waals surface area contributed by atoms with Crippen LogP contribution in [-0.2, 0) is 22.3 Å². The Hall–Kier alpha value is -4.48. The smallest absolute Gasteiger partial charge is 0.254 e. The molecule has 274 valence electrons. The number of benzene rings is 3. The van der Waals surface area contributed by atoms with E-state index < -0.39 is 0 Å². The number of aromatic amines is 2. The lowest BCUT2D eigenvalue weighted by atomic mass is 10.0. The molecule has 7 rings (SSSR count). The molecule has 2 saturated heterocycles. The van der Waals surface area contributed by atoms with Crippen LogP contribution in [0.25, 0.3) is 21.8 Å². The highest BCUT2D eigenvalue weighted by atomic mass is 16.5. The number of fused-ring (bicyclic) bond motifs is 2. The molecule has 0 saturated carbocycles. The van der Waals surface area contributed by atoms with Gasteiger partial charge in [-0.1, -0.05) is 48.5 Å². The summed E-state index contributed by atoms with van der Waals surface area (Å²) < 4.78 is 11.1. The molecule has 2 fully saturated rings. The van der Waals surface area contributed by atoms with Gasteiger partial charge in [0.2, 0.25) is 0 Å². The third-order valence-electron chi connectivity index (χ3n) is 10.6. The van der Waals surface area contributed by atoms with Crippen LogP contribution in [0.2, 0.25) is 0 Å². The molecule has 2 amide bonds. The van der Waals surface area contributed by atoms with Gasteiger partial charge in [-0.15, -0.1) is 0 Å². The Labute approximate surface area is 306 Å². The van der Waals surface area contributed by atoms with Crippen molar-refractivity contribution in [3.63, 3.8) is 0 Å². The lowest BCUT2D eigenvalue weighted by molar-refractivity contribution is 0.0356. The quantitative estimate of drug-likeness (QED) is 0.142. The highest BCUT2D eigenvalue weighted by Gasteiger charge is 2.26. The summed E-state index contributed by atoms with van der Waals surface area (Å²) in [5.74, 6) is -0.175. The van der Waals surface area contributed by atoms with Gasteiger partial charge in [0.05, 0.1) is 37.6 Å². The zero-order valence-corrected chi connectivity index (χ0v) is 30.2. The Kier molecular flexibility index (Phi) is 12.3. The number of nitrogens with one attached hydrogen (secondary N) is 2. The Morgan fingerprint density at radius 2 is 0.962 bits per heavy atom. The molecule has 5 aromatic rings. The molecule has 0 atom stereocenters. The van der Waals surface area contributed by atoms with Gasteiger partial charge in [-0.05, 0) is 61.1 Å². The maximum Gasteiger partial charge on any atom is 0.254 e. The van der Waals surface area contributed by atoms with Gasteiger partial charge in [-0.3, -0.25) is 19.4 Å². The summed E-state index contributed by atoms with van der Waals surface area (Å²) >= 11 is 0. The van der Waals surface area contributed by atoms with Crippen LogP contribution < -0.4 is 0 Å². The van der Waals surface area contributed by atoms with E-state index in [0.717, 1.165) is 102 Å². The van der Waals surface area contributed by atoms with E-state index >= 15 is 0 Å². The SMILES string of the molecule is O=C(c1ccccc1C(=O)N(CCCN1CCOCC1)CCc1c[nH]c2ccccc12)N(CCCN1CCOCC1)CCc1c[nH]c2ccccc12. The second-order valence-corrected chi connectivity index (χ2v) is 14.0. The van der Waals surface area contributed by atoms with Crippen molar-refractivity contribution in [2.75, 3.05) is 91.9 Å². The predicted molar refractivity (Wildman–Crippen MR) is 206 cm³/mol. The van der Waals surface area contributed by atoms with Crippen molar-refractivity contribution in [1.82, 2.24) is 29.6 Å². The van der Waals surface area contributed by atoms with Crippen LogP contribution in [0.4, 0.5) is 0 Å². The van der Waals surface area contributed by atoms with Crippen LogP contribution in [0.3, 0.4) is 0 Å². The molecule has 2 N–H and O–H groups in total. The minimum Gasteiger partial charge on any atom is -0.379 e. The molecule has 3 aromatic carbocycles. The van der Waals surface area contributed by atoms with Gasteiger partial charge in [0.1, 0.15) is 0 Å². The molecule has 0 spiro atoms.